The summed E-state index contributed by atoms with van der Waals surface area (Å²) in [7, 11) is 0. The molecule has 6 nitrogen and oxygen atoms in total. The highest BCUT2D eigenvalue weighted by atomic mass is 79.9. The van der Waals surface area contributed by atoms with Crippen LogP contribution in [0.2, 0.25) is 0 Å². The number of hydrogen-bond acceptors (Lipinski definition) is 4. The van der Waals surface area contributed by atoms with E-state index >= 15 is 0 Å². The molecule has 1 aromatic carbocycles. The molecule has 0 spiro atoms. The molecule has 1 unspecified atom stereocenters. The van der Waals surface area contributed by atoms with Gasteiger partial charge in [0, 0.05) is 9.89 Å². The van der Waals surface area contributed by atoms with Gasteiger partial charge in [0.1, 0.15) is 11.6 Å². The van der Waals surface area contributed by atoms with Gasteiger partial charge in [-0.05, 0) is 87.8 Å². The summed E-state index contributed by atoms with van der Waals surface area (Å²) in [5, 5.41) is 5.50. The quantitative estimate of drug-likeness (QED) is 0.492. The summed E-state index contributed by atoms with van der Waals surface area (Å²) in [6.07, 6.45) is 4.93. The zero-order valence-electron chi connectivity index (χ0n) is 21.3. The maximum Gasteiger partial charge on any atom is 0.408 e. The number of halogens is 1. The van der Waals surface area contributed by atoms with Crippen molar-refractivity contribution in [3.8, 4) is 0 Å². The van der Waals surface area contributed by atoms with E-state index in [1.54, 1.807) is 20.8 Å². The number of ketones is 1. The van der Waals surface area contributed by atoms with E-state index < -0.39 is 23.2 Å². The second kappa shape index (κ2) is 9.63. The Labute approximate surface area is 212 Å². The molecular weight excluding hydrogens is 496 g/mol. The molecule has 4 rings (SSSR count). The number of amides is 2. The molecule has 3 aliphatic carbocycles. The van der Waals surface area contributed by atoms with E-state index in [4.69, 9.17) is 4.74 Å². The number of rotatable bonds is 6. The summed E-state index contributed by atoms with van der Waals surface area (Å²) in [4.78, 5) is 38.6. The van der Waals surface area contributed by atoms with Crippen LogP contribution < -0.4 is 10.6 Å². The molecule has 1 aromatic rings. The van der Waals surface area contributed by atoms with Gasteiger partial charge in [-0.1, -0.05) is 48.8 Å². The lowest BCUT2D eigenvalue weighted by Crippen LogP contribution is -2.56. The SMILES string of the molecule is CC(C)(C)OC(=O)NC(C(=O)NCC(=O)C12CCC(c3ccc(Br)cc3)(CC1)CC2)C(C)(C)C. The molecule has 0 aliphatic heterocycles. The number of Topliss-reactive ketones (excluding diaryl/α,β-unsaturated/α-hetero) is 1. The summed E-state index contributed by atoms with van der Waals surface area (Å²) >= 11 is 3.51. The first-order chi connectivity index (χ1) is 15.7. The average Bonchev–Trinajstić information content (AvgIpc) is 2.75. The van der Waals surface area contributed by atoms with Crippen LogP contribution in [0.1, 0.15) is 85.6 Å². The monoisotopic (exact) mass is 534 g/mol. The minimum atomic E-state index is -0.810. The fraction of sp³-hybridized carbons (Fsp3) is 0.667. The van der Waals surface area contributed by atoms with Gasteiger partial charge in [0.15, 0.2) is 5.78 Å². The Balaban J connectivity index is 1.60. The fourth-order valence-corrected chi connectivity index (χ4v) is 5.66. The summed E-state index contributed by atoms with van der Waals surface area (Å²) < 4.78 is 6.40. The van der Waals surface area contributed by atoms with Crippen molar-refractivity contribution in [3.05, 3.63) is 34.3 Å². The number of ether oxygens (including phenoxy) is 1. The van der Waals surface area contributed by atoms with Gasteiger partial charge in [0.05, 0.1) is 6.54 Å². The molecule has 0 radical (unpaired) electrons. The number of benzene rings is 1. The molecule has 188 valence electrons. The van der Waals surface area contributed by atoms with Crippen LogP contribution in [-0.4, -0.2) is 36.0 Å². The first-order valence-electron chi connectivity index (χ1n) is 12.2. The van der Waals surface area contributed by atoms with Gasteiger partial charge >= 0.3 is 6.09 Å². The predicted molar refractivity (Wildman–Crippen MR) is 137 cm³/mol. The summed E-state index contributed by atoms with van der Waals surface area (Å²) in [5.41, 5.74) is -0.0136. The Bertz CT molecular complexity index is 903. The van der Waals surface area contributed by atoms with Crippen LogP contribution >= 0.6 is 15.9 Å². The maximum absolute atomic E-state index is 13.3. The third kappa shape index (κ3) is 6.02. The predicted octanol–water partition coefficient (Wildman–Crippen LogP) is 5.67. The second-order valence-electron chi connectivity index (χ2n) is 12.2. The first kappa shape index (κ1) is 26.7. The van der Waals surface area contributed by atoms with Crippen molar-refractivity contribution in [1.29, 1.82) is 0 Å². The highest BCUT2D eigenvalue weighted by Crippen LogP contribution is 2.58. The molecule has 2 N–H and O–H groups in total. The van der Waals surface area contributed by atoms with Gasteiger partial charge in [-0.15, -0.1) is 0 Å². The zero-order valence-corrected chi connectivity index (χ0v) is 22.9. The van der Waals surface area contributed by atoms with Gasteiger partial charge in [0.25, 0.3) is 0 Å². The minimum Gasteiger partial charge on any atom is -0.444 e. The molecule has 0 aromatic heterocycles. The van der Waals surface area contributed by atoms with Crippen LogP contribution in [0.25, 0.3) is 0 Å². The van der Waals surface area contributed by atoms with Gasteiger partial charge in [0.2, 0.25) is 5.91 Å². The number of fused-ring (bicyclic) bond motifs is 3. The summed E-state index contributed by atoms with van der Waals surface area (Å²) in [6.45, 7) is 10.9. The molecule has 7 heteroatoms. The van der Waals surface area contributed by atoms with Gasteiger partial charge in [-0.25, -0.2) is 4.79 Å². The van der Waals surface area contributed by atoms with E-state index in [0.29, 0.717) is 0 Å². The van der Waals surface area contributed by atoms with E-state index in [1.165, 1.54) is 5.56 Å². The van der Waals surface area contributed by atoms with E-state index in [2.05, 4.69) is 50.8 Å². The average molecular weight is 536 g/mol. The van der Waals surface area contributed by atoms with Crippen LogP contribution in [0.4, 0.5) is 4.79 Å². The van der Waals surface area contributed by atoms with E-state index in [-0.39, 0.29) is 29.1 Å². The van der Waals surface area contributed by atoms with Crippen molar-refractivity contribution in [2.24, 2.45) is 10.8 Å². The largest absolute Gasteiger partial charge is 0.444 e. The van der Waals surface area contributed by atoms with Crippen LogP contribution in [0.15, 0.2) is 28.7 Å². The lowest BCUT2D eigenvalue weighted by molar-refractivity contribution is -0.137. The first-order valence-corrected chi connectivity index (χ1v) is 13.0. The smallest absolute Gasteiger partial charge is 0.408 e. The number of carbonyl (C=O) groups excluding carboxylic acids is 3. The number of carbonyl (C=O) groups is 3. The highest BCUT2D eigenvalue weighted by Gasteiger charge is 2.52. The third-order valence-electron chi connectivity index (χ3n) is 7.51. The van der Waals surface area contributed by atoms with Crippen LogP contribution in [0.5, 0.6) is 0 Å². The van der Waals surface area contributed by atoms with Crippen LogP contribution in [0, 0.1) is 10.8 Å². The molecule has 0 heterocycles. The Morgan fingerprint density at radius 2 is 1.47 bits per heavy atom. The molecule has 1 atom stereocenters. The van der Waals surface area contributed by atoms with Gasteiger partial charge < -0.3 is 15.4 Å². The topological polar surface area (TPSA) is 84.5 Å². The molecule has 3 fully saturated rings. The van der Waals surface area contributed by atoms with Crippen molar-refractivity contribution in [2.45, 2.75) is 97.1 Å². The standard InChI is InChI=1S/C27H39BrN2O4/c1-24(2,3)21(30-23(33)34-25(4,5)6)22(32)29-17-20(31)27-14-11-26(12-15-27,13-16-27)18-7-9-19(28)10-8-18/h7-10,21H,11-17H2,1-6H3,(H,29,32)(H,30,33). The third-order valence-corrected chi connectivity index (χ3v) is 8.04. The minimum absolute atomic E-state index is 0.00725. The molecule has 3 saturated carbocycles. The zero-order chi connectivity index (χ0) is 25.4. The highest BCUT2D eigenvalue weighted by molar-refractivity contribution is 9.10. The Hall–Kier alpha value is -1.89. The normalized spacial score (nSPS) is 25.4. The Morgan fingerprint density at radius 3 is 1.94 bits per heavy atom. The lowest BCUT2D eigenvalue weighted by atomic mass is 9.51. The fourth-order valence-electron chi connectivity index (χ4n) is 5.40. The lowest BCUT2D eigenvalue weighted by Gasteiger charge is -2.53. The number of alkyl carbamates (subject to hydrolysis) is 1. The molecular formula is C27H39BrN2O4. The Kier molecular flexibility index (Phi) is 7.57. The van der Waals surface area contributed by atoms with Gasteiger partial charge in [-0.3, -0.25) is 9.59 Å². The van der Waals surface area contributed by atoms with Crippen molar-refractivity contribution < 1.29 is 19.1 Å². The maximum atomic E-state index is 13.3. The van der Waals surface area contributed by atoms with Crippen molar-refractivity contribution in [2.75, 3.05) is 6.54 Å². The molecule has 3 aliphatic rings. The second-order valence-corrected chi connectivity index (χ2v) is 13.1. The van der Waals surface area contributed by atoms with Crippen LogP contribution in [-0.2, 0) is 19.7 Å². The summed E-state index contributed by atoms with van der Waals surface area (Å²) in [5.74, 6) is -0.256. The van der Waals surface area contributed by atoms with E-state index in [0.717, 1.165) is 43.0 Å². The number of hydrogen-bond donors (Lipinski definition) is 2. The molecule has 34 heavy (non-hydrogen) atoms. The van der Waals surface area contributed by atoms with Crippen molar-refractivity contribution in [3.63, 3.8) is 0 Å². The van der Waals surface area contributed by atoms with Gasteiger partial charge in [-0.2, -0.15) is 0 Å². The molecule has 0 saturated heterocycles. The van der Waals surface area contributed by atoms with E-state index in [9.17, 15) is 14.4 Å². The molecule has 2 bridgehead atoms. The van der Waals surface area contributed by atoms with Crippen molar-refractivity contribution in [1.82, 2.24) is 10.6 Å². The molecule has 2 amide bonds. The Morgan fingerprint density at radius 1 is 0.941 bits per heavy atom. The van der Waals surface area contributed by atoms with Crippen molar-refractivity contribution >= 4 is 33.7 Å². The van der Waals surface area contributed by atoms with Crippen LogP contribution in [0.3, 0.4) is 0 Å². The number of nitrogens with one attached hydrogen (secondary N) is 2. The summed E-state index contributed by atoms with van der Waals surface area (Å²) in [6, 6.07) is 7.79. The van der Waals surface area contributed by atoms with E-state index in [1.807, 2.05) is 20.8 Å².